The molecule has 3 nitrogen and oxygen atoms in total. The Balaban J connectivity index is 1.02. The largest absolute Gasteiger partial charge is 0.355 e. The van der Waals surface area contributed by atoms with Crippen LogP contribution in [0.25, 0.3) is 38.6 Å². The standard InChI is InChI=1S/C49H33N3/c1-9-21-45-37(13-1)38-14-2-10-22-46(38)51(45)35-29-25-33(26-30-35)34-27-31-36(32-28-34)52-47-23-11-5-17-41(47)49(42-18-6-12-24-48(42)52)39-15-3-7-19-43(39)50-44-20-8-4-16-40(44)49/h1-32,50H. The van der Waals surface area contributed by atoms with Crippen LogP contribution in [0.15, 0.2) is 194 Å². The van der Waals surface area contributed by atoms with Crippen LogP contribution in [0, 0.1) is 0 Å². The second-order valence-corrected chi connectivity index (χ2v) is 13.8. The summed E-state index contributed by atoms with van der Waals surface area (Å²) >= 11 is 0. The molecule has 0 bridgehead atoms. The van der Waals surface area contributed by atoms with E-state index in [4.69, 9.17) is 0 Å². The Morgan fingerprint density at radius 2 is 0.750 bits per heavy atom. The van der Waals surface area contributed by atoms with E-state index in [0.29, 0.717) is 0 Å². The zero-order valence-corrected chi connectivity index (χ0v) is 28.4. The number of anilines is 5. The smallest absolute Gasteiger partial charge is 0.0782 e. The van der Waals surface area contributed by atoms with Gasteiger partial charge in [-0.25, -0.2) is 0 Å². The summed E-state index contributed by atoms with van der Waals surface area (Å²) in [7, 11) is 0. The summed E-state index contributed by atoms with van der Waals surface area (Å²) in [4.78, 5) is 2.44. The molecule has 9 aromatic rings. The first-order chi connectivity index (χ1) is 25.8. The van der Waals surface area contributed by atoms with E-state index in [1.54, 1.807) is 0 Å². The summed E-state index contributed by atoms with van der Waals surface area (Å²) in [6.45, 7) is 0. The van der Waals surface area contributed by atoms with Crippen LogP contribution in [-0.2, 0) is 5.41 Å². The molecule has 3 heteroatoms. The Morgan fingerprint density at radius 1 is 0.346 bits per heavy atom. The molecule has 1 aromatic heterocycles. The molecular weight excluding hydrogens is 631 g/mol. The van der Waals surface area contributed by atoms with Crippen molar-refractivity contribution in [2.45, 2.75) is 5.41 Å². The second-order valence-electron chi connectivity index (χ2n) is 13.8. The molecule has 0 fully saturated rings. The number of benzene rings is 8. The molecule has 2 aliphatic rings. The van der Waals surface area contributed by atoms with Crippen molar-refractivity contribution in [2.24, 2.45) is 0 Å². The molecule has 1 spiro atoms. The highest BCUT2D eigenvalue weighted by Crippen LogP contribution is 2.61. The number of rotatable bonds is 3. The van der Waals surface area contributed by atoms with Gasteiger partial charge in [0.15, 0.2) is 0 Å². The van der Waals surface area contributed by atoms with Gasteiger partial charge in [-0.2, -0.15) is 0 Å². The van der Waals surface area contributed by atoms with E-state index >= 15 is 0 Å². The zero-order valence-electron chi connectivity index (χ0n) is 28.4. The lowest BCUT2D eigenvalue weighted by Gasteiger charge is -2.49. The van der Waals surface area contributed by atoms with E-state index in [9.17, 15) is 0 Å². The van der Waals surface area contributed by atoms with Crippen LogP contribution in [0.3, 0.4) is 0 Å². The van der Waals surface area contributed by atoms with Crippen molar-refractivity contribution in [3.8, 4) is 16.8 Å². The first kappa shape index (κ1) is 28.9. The minimum Gasteiger partial charge on any atom is -0.355 e. The van der Waals surface area contributed by atoms with Crippen LogP contribution in [-0.4, -0.2) is 4.57 Å². The van der Waals surface area contributed by atoms with Crippen molar-refractivity contribution >= 4 is 50.2 Å². The average molecular weight is 664 g/mol. The van der Waals surface area contributed by atoms with Crippen molar-refractivity contribution in [3.63, 3.8) is 0 Å². The Morgan fingerprint density at radius 3 is 1.27 bits per heavy atom. The summed E-state index contributed by atoms with van der Waals surface area (Å²) < 4.78 is 2.37. The fourth-order valence-corrected chi connectivity index (χ4v) is 9.04. The Hall–Kier alpha value is -6.84. The number of hydrogen-bond donors (Lipinski definition) is 1. The minimum atomic E-state index is -0.472. The molecule has 0 atom stereocenters. The molecule has 2 aliphatic heterocycles. The normalized spacial score (nSPS) is 13.7. The molecular formula is C49H33N3. The molecule has 8 aromatic carbocycles. The first-order valence-electron chi connectivity index (χ1n) is 17.9. The van der Waals surface area contributed by atoms with Gasteiger partial charge in [0.25, 0.3) is 0 Å². The van der Waals surface area contributed by atoms with Crippen molar-refractivity contribution in [2.75, 3.05) is 10.2 Å². The molecule has 52 heavy (non-hydrogen) atoms. The summed E-state index contributed by atoms with van der Waals surface area (Å²) in [5, 5.41) is 6.30. The lowest BCUT2D eigenvalue weighted by Crippen LogP contribution is -2.40. The quantitative estimate of drug-likeness (QED) is 0.203. The minimum absolute atomic E-state index is 0.472. The van der Waals surface area contributed by atoms with Gasteiger partial charge in [0, 0.05) is 33.5 Å². The van der Waals surface area contributed by atoms with Gasteiger partial charge in [0.05, 0.1) is 27.8 Å². The summed E-state index contributed by atoms with van der Waals surface area (Å²) in [5.74, 6) is 0. The highest BCUT2D eigenvalue weighted by Gasteiger charge is 2.50. The number of hydrogen-bond acceptors (Lipinski definition) is 2. The molecule has 3 heterocycles. The van der Waals surface area contributed by atoms with Gasteiger partial charge < -0.3 is 14.8 Å². The Bertz CT molecular complexity index is 2680. The van der Waals surface area contributed by atoms with Gasteiger partial charge >= 0.3 is 0 Å². The zero-order chi connectivity index (χ0) is 34.2. The maximum absolute atomic E-state index is 3.75. The summed E-state index contributed by atoms with van der Waals surface area (Å²) in [6.07, 6.45) is 0. The fourth-order valence-electron chi connectivity index (χ4n) is 9.04. The van der Waals surface area contributed by atoms with Crippen LogP contribution >= 0.6 is 0 Å². The van der Waals surface area contributed by atoms with Gasteiger partial charge in [0.2, 0.25) is 0 Å². The van der Waals surface area contributed by atoms with E-state index in [-0.39, 0.29) is 0 Å². The van der Waals surface area contributed by atoms with E-state index in [1.807, 2.05) is 0 Å². The van der Waals surface area contributed by atoms with E-state index in [1.165, 1.54) is 66.6 Å². The van der Waals surface area contributed by atoms with Gasteiger partial charge in [-0.15, -0.1) is 0 Å². The number of nitrogens with zero attached hydrogens (tertiary/aromatic N) is 2. The Labute approximate surface area is 302 Å². The highest BCUT2D eigenvalue weighted by molar-refractivity contribution is 6.09. The Kier molecular flexibility index (Phi) is 6.17. The molecule has 0 saturated carbocycles. The predicted octanol–water partition coefficient (Wildman–Crippen LogP) is 12.7. The number of nitrogens with one attached hydrogen (secondary N) is 1. The topological polar surface area (TPSA) is 20.2 Å². The van der Waals surface area contributed by atoms with Crippen LogP contribution < -0.4 is 10.2 Å². The highest BCUT2D eigenvalue weighted by atomic mass is 15.2. The number of aromatic nitrogens is 1. The molecule has 0 radical (unpaired) electrons. The van der Waals surface area contributed by atoms with Crippen LogP contribution in [0.5, 0.6) is 0 Å². The third-order valence-corrected chi connectivity index (χ3v) is 11.2. The van der Waals surface area contributed by atoms with Gasteiger partial charge in [-0.05, 0) is 94.0 Å². The van der Waals surface area contributed by atoms with E-state index in [0.717, 1.165) is 22.7 Å². The molecule has 0 unspecified atom stereocenters. The van der Waals surface area contributed by atoms with Gasteiger partial charge in [-0.3, -0.25) is 0 Å². The predicted molar refractivity (Wildman–Crippen MR) is 216 cm³/mol. The molecule has 11 rings (SSSR count). The summed E-state index contributed by atoms with van der Waals surface area (Å²) in [6, 6.07) is 70.9. The molecule has 1 N–H and O–H groups in total. The third kappa shape index (κ3) is 3.96. The number of para-hydroxylation sites is 6. The maximum Gasteiger partial charge on any atom is 0.0782 e. The maximum atomic E-state index is 3.75. The van der Waals surface area contributed by atoms with Crippen molar-refractivity contribution in [1.29, 1.82) is 0 Å². The van der Waals surface area contributed by atoms with Crippen LogP contribution in [0.1, 0.15) is 22.3 Å². The van der Waals surface area contributed by atoms with Crippen LogP contribution in [0.2, 0.25) is 0 Å². The molecule has 0 aliphatic carbocycles. The average Bonchev–Trinajstić information content (AvgIpc) is 3.55. The molecule has 0 saturated heterocycles. The van der Waals surface area contributed by atoms with Crippen molar-refractivity contribution < 1.29 is 0 Å². The SMILES string of the molecule is c1ccc2c(c1)Nc1ccccc1C21c2ccccc2N(c2ccc(-c3ccc(-n4c5ccccc5c5ccccc54)cc3)cc2)c2ccccc21. The lowest BCUT2D eigenvalue weighted by molar-refractivity contribution is 0.727. The third-order valence-electron chi connectivity index (χ3n) is 11.2. The van der Waals surface area contributed by atoms with E-state index in [2.05, 4.69) is 209 Å². The van der Waals surface area contributed by atoms with Gasteiger partial charge in [0.1, 0.15) is 0 Å². The fraction of sp³-hybridized carbons (Fsp3) is 0.0204. The number of fused-ring (bicyclic) bond motifs is 11. The molecule has 244 valence electrons. The summed E-state index contributed by atoms with van der Waals surface area (Å²) in [5.41, 5.74) is 16.4. The second kappa shape index (κ2) is 11.1. The van der Waals surface area contributed by atoms with Crippen molar-refractivity contribution in [1.82, 2.24) is 4.57 Å². The van der Waals surface area contributed by atoms with Gasteiger partial charge in [-0.1, -0.05) is 133 Å². The van der Waals surface area contributed by atoms with Crippen molar-refractivity contribution in [3.05, 3.63) is 216 Å². The molecule has 0 amide bonds. The lowest BCUT2D eigenvalue weighted by atomic mass is 9.60. The first-order valence-corrected chi connectivity index (χ1v) is 17.9. The van der Waals surface area contributed by atoms with Crippen LogP contribution in [0.4, 0.5) is 28.4 Å². The van der Waals surface area contributed by atoms with E-state index < -0.39 is 5.41 Å². The monoisotopic (exact) mass is 663 g/mol.